The molecule has 0 fully saturated rings. The summed E-state index contributed by atoms with van der Waals surface area (Å²) in [5.74, 6) is -0.0816. The van der Waals surface area contributed by atoms with E-state index in [2.05, 4.69) is 9.98 Å². The molecule has 1 aromatic heterocycles. The van der Waals surface area contributed by atoms with E-state index in [9.17, 15) is 4.79 Å². The molecule has 0 saturated carbocycles. The normalized spacial score (nSPS) is 16.8. The topological polar surface area (TPSA) is 54.4 Å². The minimum Gasteiger partial charge on any atom is -0.402 e. The summed E-state index contributed by atoms with van der Waals surface area (Å²) in [6, 6.07) is 13.1. The number of nitrogens with zero attached hydrogens (tertiary/aromatic N) is 1. The highest BCUT2D eigenvalue weighted by Gasteiger charge is 2.23. The zero-order valence-electron chi connectivity index (χ0n) is 9.46. The summed E-state index contributed by atoms with van der Waals surface area (Å²) < 4.78 is 5.14. The third-order valence-electron chi connectivity index (χ3n) is 2.56. The third kappa shape index (κ3) is 1.96. The van der Waals surface area contributed by atoms with Gasteiger partial charge >= 0.3 is 5.97 Å². The molecule has 0 saturated heterocycles. The van der Waals surface area contributed by atoms with Crippen molar-refractivity contribution in [1.29, 1.82) is 0 Å². The highest BCUT2D eigenvalue weighted by atomic mass is 16.6. The van der Waals surface area contributed by atoms with Crippen LogP contribution in [0.5, 0.6) is 0 Å². The van der Waals surface area contributed by atoms with E-state index in [1.807, 2.05) is 42.5 Å². The summed E-state index contributed by atoms with van der Waals surface area (Å²) in [4.78, 5) is 18.9. The van der Waals surface area contributed by atoms with Gasteiger partial charge in [-0.15, -0.1) is 0 Å². The van der Waals surface area contributed by atoms with Gasteiger partial charge in [-0.3, -0.25) is 0 Å². The van der Waals surface area contributed by atoms with Gasteiger partial charge in [0.15, 0.2) is 5.70 Å². The number of carbonyl (C=O) groups is 1. The Morgan fingerprint density at radius 1 is 1.11 bits per heavy atom. The van der Waals surface area contributed by atoms with Crippen LogP contribution in [-0.2, 0) is 9.53 Å². The molecule has 4 nitrogen and oxygen atoms in total. The van der Waals surface area contributed by atoms with E-state index in [-0.39, 0.29) is 0 Å². The van der Waals surface area contributed by atoms with Gasteiger partial charge in [-0.05, 0) is 30.3 Å². The van der Waals surface area contributed by atoms with Gasteiger partial charge in [0, 0.05) is 17.5 Å². The monoisotopic (exact) mass is 238 g/mol. The maximum absolute atomic E-state index is 11.7. The Balaban J connectivity index is 1.95. The van der Waals surface area contributed by atoms with Crippen LogP contribution in [0.25, 0.3) is 6.08 Å². The van der Waals surface area contributed by atoms with Crippen LogP contribution in [0.2, 0.25) is 0 Å². The van der Waals surface area contributed by atoms with E-state index in [1.54, 1.807) is 12.3 Å². The summed E-state index contributed by atoms with van der Waals surface area (Å²) in [6.07, 6.45) is 3.45. The van der Waals surface area contributed by atoms with Gasteiger partial charge in [-0.2, -0.15) is 0 Å². The smallest absolute Gasteiger partial charge is 0.363 e. The summed E-state index contributed by atoms with van der Waals surface area (Å²) >= 11 is 0. The number of aliphatic imine (C=N–C) groups is 1. The number of cyclic esters (lactones) is 1. The van der Waals surface area contributed by atoms with Crippen molar-refractivity contribution in [2.24, 2.45) is 4.99 Å². The predicted octanol–water partition coefficient (Wildman–Crippen LogP) is 2.36. The molecule has 0 spiro atoms. The first-order chi connectivity index (χ1) is 8.83. The Morgan fingerprint density at radius 3 is 2.67 bits per heavy atom. The Bertz CT molecular complexity index is 625. The number of nitrogens with one attached hydrogen (secondary N) is 1. The molecule has 0 atom stereocenters. The molecule has 2 heterocycles. The quantitative estimate of drug-likeness (QED) is 0.645. The fourth-order valence-corrected chi connectivity index (χ4v) is 1.69. The first-order valence-electron chi connectivity index (χ1n) is 5.54. The average molecular weight is 238 g/mol. The lowest BCUT2D eigenvalue weighted by Gasteiger charge is -1.97. The lowest BCUT2D eigenvalue weighted by molar-refractivity contribution is -0.129. The number of rotatable bonds is 2. The zero-order valence-corrected chi connectivity index (χ0v) is 9.46. The number of aromatic amines is 1. The van der Waals surface area contributed by atoms with Crippen molar-refractivity contribution in [2.45, 2.75) is 0 Å². The predicted molar refractivity (Wildman–Crippen MR) is 67.8 cm³/mol. The Morgan fingerprint density at radius 2 is 1.94 bits per heavy atom. The highest BCUT2D eigenvalue weighted by Crippen LogP contribution is 2.18. The molecule has 0 unspecified atom stereocenters. The SMILES string of the molecule is O=C1OC(c2ccccc2)=N/C1=C\c1ccc[nH]1. The summed E-state index contributed by atoms with van der Waals surface area (Å²) in [5, 5.41) is 0. The molecule has 1 aromatic carbocycles. The van der Waals surface area contributed by atoms with E-state index in [1.165, 1.54) is 0 Å². The number of hydrogen-bond donors (Lipinski definition) is 1. The maximum atomic E-state index is 11.7. The first kappa shape index (κ1) is 10.5. The summed E-state index contributed by atoms with van der Waals surface area (Å²) in [7, 11) is 0. The van der Waals surface area contributed by atoms with E-state index in [4.69, 9.17) is 4.74 Å². The molecule has 1 aliphatic rings. The maximum Gasteiger partial charge on any atom is 0.363 e. The van der Waals surface area contributed by atoms with Gasteiger partial charge in [-0.25, -0.2) is 9.79 Å². The highest BCUT2D eigenvalue weighted by molar-refractivity contribution is 6.12. The Labute approximate surface area is 104 Å². The summed E-state index contributed by atoms with van der Waals surface area (Å²) in [5.41, 5.74) is 1.91. The van der Waals surface area contributed by atoms with Crippen molar-refractivity contribution in [1.82, 2.24) is 4.98 Å². The molecule has 88 valence electrons. The van der Waals surface area contributed by atoms with Gasteiger partial charge in [0.1, 0.15) is 0 Å². The van der Waals surface area contributed by atoms with Crippen molar-refractivity contribution in [3.8, 4) is 0 Å². The van der Waals surface area contributed by atoms with Crippen LogP contribution in [0.4, 0.5) is 0 Å². The molecule has 0 bridgehead atoms. The van der Waals surface area contributed by atoms with Crippen molar-refractivity contribution in [3.63, 3.8) is 0 Å². The molecule has 0 radical (unpaired) electrons. The van der Waals surface area contributed by atoms with Crippen molar-refractivity contribution in [2.75, 3.05) is 0 Å². The van der Waals surface area contributed by atoms with Crippen LogP contribution in [-0.4, -0.2) is 16.9 Å². The van der Waals surface area contributed by atoms with Crippen LogP contribution in [0.3, 0.4) is 0 Å². The standard InChI is InChI=1S/C14H10N2O2/c17-14-12(9-11-7-4-8-15-11)16-13(18-14)10-5-2-1-3-6-10/h1-9,15H/b12-9-. The average Bonchev–Trinajstić information content (AvgIpc) is 3.02. The number of H-pyrrole nitrogens is 1. The fourth-order valence-electron chi connectivity index (χ4n) is 1.69. The number of carbonyl (C=O) groups excluding carboxylic acids is 1. The fraction of sp³-hybridized carbons (Fsp3) is 0. The second kappa shape index (κ2) is 4.33. The number of esters is 1. The third-order valence-corrected chi connectivity index (χ3v) is 2.56. The molecule has 2 aromatic rings. The lowest BCUT2D eigenvalue weighted by Crippen LogP contribution is -2.04. The lowest BCUT2D eigenvalue weighted by atomic mass is 10.2. The van der Waals surface area contributed by atoms with E-state index in [0.717, 1.165) is 11.3 Å². The number of ether oxygens (including phenoxy) is 1. The molecule has 1 N–H and O–H groups in total. The molecule has 0 aliphatic carbocycles. The molecule has 18 heavy (non-hydrogen) atoms. The van der Waals surface area contributed by atoms with Crippen molar-refractivity contribution >= 4 is 17.9 Å². The number of aromatic nitrogens is 1. The van der Waals surface area contributed by atoms with Crippen LogP contribution in [0.15, 0.2) is 59.4 Å². The first-order valence-corrected chi connectivity index (χ1v) is 5.54. The number of hydrogen-bond acceptors (Lipinski definition) is 3. The second-order valence-electron chi connectivity index (χ2n) is 3.83. The van der Waals surface area contributed by atoms with Gasteiger partial charge in [0.2, 0.25) is 5.90 Å². The van der Waals surface area contributed by atoms with Gasteiger partial charge < -0.3 is 9.72 Å². The molecule has 1 aliphatic heterocycles. The zero-order chi connectivity index (χ0) is 12.4. The minimum atomic E-state index is -0.427. The van der Waals surface area contributed by atoms with E-state index < -0.39 is 5.97 Å². The number of benzene rings is 1. The molecule has 0 amide bonds. The molecule has 4 heteroatoms. The van der Waals surface area contributed by atoms with Crippen molar-refractivity contribution in [3.05, 3.63) is 65.6 Å². The minimum absolute atomic E-state index is 0.302. The van der Waals surface area contributed by atoms with Gasteiger partial charge in [-0.1, -0.05) is 18.2 Å². The van der Waals surface area contributed by atoms with Crippen LogP contribution in [0.1, 0.15) is 11.3 Å². The Hall–Kier alpha value is -2.62. The van der Waals surface area contributed by atoms with Gasteiger partial charge in [0.25, 0.3) is 0 Å². The molecule has 3 rings (SSSR count). The largest absolute Gasteiger partial charge is 0.402 e. The van der Waals surface area contributed by atoms with E-state index >= 15 is 0 Å². The second-order valence-corrected chi connectivity index (χ2v) is 3.83. The molecular weight excluding hydrogens is 228 g/mol. The van der Waals surface area contributed by atoms with Crippen LogP contribution >= 0.6 is 0 Å². The molecular formula is C14H10N2O2. The van der Waals surface area contributed by atoms with Gasteiger partial charge in [0.05, 0.1) is 0 Å². The Kier molecular flexibility index (Phi) is 2.53. The van der Waals surface area contributed by atoms with Crippen molar-refractivity contribution < 1.29 is 9.53 Å². The van der Waals surface area contributed by atoms with E-state index in [0.29, 0.717) is 11.6 Å². The summed E-state index contributed by atoms with van der Waals surface area (Å²) in [6.45, 7) is 0. The van der Waals surface area contributed by atoms with Crippen LogP contribution in [0, 0.1) is 0 Å². The van der Waals surface area contributed by atoms with Crippen LogP contribution < -0.4 is 0 Å².